The highest BCUT2D eigenvalue weighted by Crippen LogP contribution is 2.27. The van der Waals surface area contributed by atoms with Gasteiger partial charge in [-0.05, 0) is 24.3 Å². The molecule has 0 aliphatic rings. The van der Waals surface area contributed by atoms with E-state index in [0.717, 1.165) is 15.8 Å². The Morgan fingerprint density at radius 3 is 2.25 bits per heavy atom. The Bertz CT molecular complexity index is 479. The van der Waals surface area contributed by atoms with Crippen LogP contribution in [0.2, 0.25) is 0 Å². The van der Waals surface area contributed by atoms with Crippen molar-refractivity contribution in [2.24, 2.45) is 0 Å². The molecule has 0 radical (unpaired) electrons. The molecule has 16 heavy (non-hydrogen) atoms. The zero-order chi connectivity index (χ0) is 11.8. The molecule has 1 heterocycles. The first-order chi connectivity index (χ1) is 7.47. The number of rotatable bonds is 1. The van der Waals surface area contributed by atoms with E-state index < -0.39 is 0 Å². The van der Waals surface area contributed by atoms with E-state index in [2.05, 4.69) is 41.7 Å². The fourth-order valence-corrected chi connectivity index (χ4v) is 1.61. The van der Waals surface area contributed by atoms with Crippen LogP contribution in [-0.4, -0.2) is 4.98 Å². The standard InChI is InChI=1S/C13H14BrNO/c1-13(2,3)11-8-15-12(16-11)9-4-6-10(14)7-5-9/h4-8H,1-3H3. The third-order valence-electron chi connectivity index (χ3n) is 2.34. The molecule has 0 aliphatic heterocycles. The van der Waals surface area contributed by atoms with E-state index in [1.807, 2.05) is 24.3 Å². The Hall–Kier alpha value is -1.09. The van der Waals surface area contributed by atoms with Gasteiger partial charge in [-0.1, -0.05) is 36.7 Å². The lowest BCUT2D eigenvalue weighted by atomic mass is 9.94. The van der Waals surface area contributed by atoms with Gasteiger partial charge in [-0.15, -0.1) is 0 Å². The molecule has 0 N–H and O–H groups in total. The molecule has 0 unspecified atom stereocenters. The average Bonchev–Trinajstić information content (AvgIpc) is 2.67. The van der Waals surface area contributed by atoms with E-state index in [4.69, 9.17) is 4.42 Å². The molecule has 0 atom stereocenters. The van der Waals surface area contributed by atoms with Gasteiger partial charge in [0, 0.05) is 15.5 Å². The summed E-state index contributed by atoms with van der Waals surface area (Å²) in [6, 6.07) is 7.94. The summed E-state index contributed by atoms with van der Waals surface area (Å²) in [6.45, 7) is 6.33. The lowest BCUT2D eigenvalue weighted by molar-refractivity contribution is 0.416. The maximum Gasteiger partial charge on any atom is 0.226 e. The number of hydrogen-bond donors (Lipinski definition) is 0. The molecule has 0 fully saturated rings. The fraction of sp³-hybridized carbons (Fsp3) is 0.308. The minimum Gasteiger partial charge on any atom is -0.441 e. The summed E-state index contributed by atoms with van der Waals surface area (Å²) >= 11 is 3.40. The van der Waals surface area contributed by atoms with Crippen LogP contribution in [0.1, 0.15) is 26.5 Å². The highest BCUT2D eigenvalue weighted by Gasteiger charge is 2.19. The summed E-state index contributed by atoms with van der Waals surface area (Å²) in [5.74, 6) is 1.59. The van der Waals surface area contributed by atoms with Crippen molar-refractivity contribution in [2.75, 3.05) is 0 Å². The lowest BCUT2D eigenvalue weighted by Crippen LogP contribution is -2.09. The van der Waals surface area contributed by atoms with Crippen LogP contribution < -0.4 is 0 Å². The predicted octanol–water partition coefficient (Wildman–Crippen LogP) is 4.40. The van der Waals surface area contributed by atoms with Crippen molar-refractivity contribution in [3.8, 4) is 11.5 Å². The molecular weight excluding hydrogens is 266 g/mol. The molecule has 0 bridgehead atoms. The van der Waals surface area contributed by atoms with Crippen LogP contribution in [0.4, 0.5) is 0 Å². The molecule has 0 spiro atoms. The van der Waals surface area contributed by atoms with Gasteiger partial charge < -0.3 is 4.42 Å². The van der Waals surface area contributed by atoms with E-state index in [1.165, 1.54) is 0 Å². The Morgan fingerprint density at radius 2 is 1.75 bits per heavy atom. The highest BCUT2D eigenvalue weighted by atomic mass is 79.9. The van der Waals surface area contributed by atoms with Crippen molar-refractivity contribution in [2.45, 2.75) is 26.2 Å². The van der Waals surface area contributed by atoms with Crippen molar-refractivity contribution in [1.29, 1.82) is 0 Å². The van der Waals surface area contributed by atoms with Crippen LogP contribution in [0, 0.1) is 0 Å². The minimum atomic E-state index is 0.000609. The van der Waals surface area contributed by atoms with Crippen LogP contribution in [-0.2, 0) is 5.41 Å². The molecule has 2 rings (SSSR count). The molecule has 0 amide bonds. The maximum absolute atomic E-state index is 5.75. The van der Waals surface area contributed by atoms with Crippen LogP contribution in [0.15, 0.2) is 39.4 Å². The third-order valence-corrected chi connectivity index (χ3v) is 2.86. The van der Waals surface area contributed by atoms with Gasteiger partial charge in [-0.2, -0.15) is 0 Å². The summed E-state index contributed by atoms with van der Waals surface area (Å²) in [4.78, 5) is 4.30. The first-order valence-electron chi connectivity index (χ1n) is 5.19. The first kappa shape index (κ1) is 11.4. The molecule has 1 aromatic carbocycles. The maximum atomic E-state index is 5.75. The van der Waals surface area contributed by atoms with Crippen molar-refractivity contribution in [3.05, 3.63) is 40.7 Å². The quantitative estimate of drug-likeness (QED) is 0.773. The SMILES string of the molecule is CC(C)(C)c1cnc(-c2ccc(Br)cc2)o1. The molecule has 2 aromatic rings. The zero-order valence-electron chi connectivity index (χ0n) is 9.62. The highest BCUT2D eigenvalue weighted by molar-refractivity contribution is 9.10. The average molecular weight is 280 g/mol. The van der Waals surface area contributed by atoms with Gasteiger partial charge in [0.1, 0.15) is 5.76 Å². The molecule has 3 heteroatoms. The normalized spacial score (nSPS) is 11.8. The van der Waals surface area contributed by atoms with Crippen LogP contribution >= 0.6 is 15.9 Å². The number of hydrogen-bond acceptors (Lipinski definition) is 2. The topological polar surface area (TPSA) is 26.0 Å². The van der Waals surface area contributed by atoms with Crippen molar-refractivity contribution < 1.29 is 4.42 Å². The Balaban J connectivity index is 2.35. The fourth-order valence-electron chi connectivity index (χ4n) is 1.35. The molecule has 1 aromatic heterocycles. The van der Waals surface area contributed by atoms with Gasteiger partial charge in [0.15, 0.2) is 0 Å². The molecule has 0 saturated carbocycles. The third kappa shape index (κ3) is 2.35. The van der Waals surface area contributed by atoms with Gasteiger partial charge in [0.25, 0.3) is 0 Å². The molecule has 0 saturated heterocycles. The monoisotopic (exact) mass is 279 g/mol. The van der Waals surface area contributed by atoms with E-state index in [-0.39, 0.29) is 5.41 Å². The number of aromatic nitrogens is 1. The molecule has 0 aliphatic carbocycles. The van der Waals surface area contributed by atoms with E-state index >= 15 is 0 Å². The summed E-state index contributed by atoms with van der Waals surface area (Å²) in [5.41, 5.74) is 0.999. The zero-order valence-corrected chi connectivity index (χ0v) is 11.2. The van der Waals surface area contributed by atoms with Crippen molar-refractivity contribution in [1.82, 2.24) is 4.98 Å². The Kier molecular flexibility index (Phi) is 2.89. The van der Waals surface area contributed by atoms with Gasteiger partial charge >= 0.3 is 0 Å². The second kappa shape index (κ2) is 4.06. The summed E-state index contributed by atoms with van der Waals surface area (Å²) in [6.07, 6.45) is 1.80. The van der Waals surface area contributed by atoms with Crippen LogP contribution in [0.25, 0.3) is 11.5 Å². The summed E-state index contributed by atoms with van der Waals surface area (Å²) in [7, 11) is 0. The second-order valence-corrected chi connectivity index (χ2v) is 5.70. The lowest BCUT2D eigenvalue weighted by Gasteiger charge is -2.13. The van der Waals surface area contributed by atoms with Gasteiger partial charge in [-0.3, -0.25) is 0 Å². The number of benzene rings is 1. The number of halogens is 1. The molecular formula is C13H14BrNO. The van der Waals surface area contributed by atoms with Gasteiger partial charge in [-0.25, -0.2) is 4.98 Å². The largest absolute Gasteiger partial charge is 0.441 e. The smallest absolute Gasteiger partial charge is 0.226 e. The van der Waals surface area contributed by atoms with E-state index in [9.17, 15) is 0 Å². The Labute approximate surface area is 104 Å². The number of nitrogens with zero attached hydrogens (tertiary/aromatic N) is 1. The molecule has 2 nitrogen and oxygen atoms in total. The van der Waals surface area contributed by atoms with E-state index in [1.54, 1.807) is 6.20 Å². The van der Waals surface area contributed by atoms with Crippen LogP contribution in [0.3, 0.4) is 0 Å². The van der Waals surface area contributed by atoms with Gasteiger partial charge in [0.05, 0.1) is 6.20 Å². The second-order valence-electron chi connectivity index (χ2n) is 4.79. The first-order valence-corrected chi connectivity index (χ1v) is 5.98. The predicted molar refractivity (Wildman–Crippen MR) is 68.3 cm³/mol. The number of oxazole rings is 1. The van der Waals surface area contributed by atoms with Crippen molar-refractivity contribution in [3.63, 3.8) is 0 Å². The molecule has 84 valence electrons. The van der Waals surface area contributed by atoms with Crippen molar-refractivity contribution >= 4 is 15.9 Å². The summed E-state index contributed by atoms with van der Waals surface area (Å²) < 4.78 is 6.80. The Morgan fingerprint density at radius 1 is 1.12 bits per heavy atom. The van der Waals surface area contributed by atoms with Gasteiger partial charge in [0.2, 0.25) is 5.89 Å². The van der Waals surface area contributed by atoms with E-state index in [0.29, 0.717) is 5.89 Å². The minimum absolute atomic E-state index is 0.000609. The van der Waals surface area contributed by atoms with Crippen LogP contribution in [0.5, 0.6) is 0 Å². The summed E-state index contributed by atoms with van der Waals surface area (Å²) in [5, 5.41) is 0.